The topological polar surface area (TPSA) is 60.8 Å². The molecule has 0 bridgehead atoms. The zero-order valence-electron chi connectivity index (χ0n) is 16.8. The molecule has 6 nitrogen and oxygen atoms in total. The minimum absolute atomic E-state index is 0.198. The van der Waals surface area contributed by atoms with E-state index >= 15 is 0 Å². The van der Waals surface area contributed by atoms with E-state index in [0.717, 1.165) is 27.8 Å². The molecule has 1 aliphatic heterocycles. The molecule has 0 aliphatic carbocycles. The van der Waals surface area contributed by atoms with Gasteiger partial charge in [-0.25, -0.2) is 0 Å². The number of ether oxygens (including phenoxy) is 2. The Morgan fingerprint density at radius 1 is 1.10 bits per heavy atom. The number of hydrogen-bond donors (Lipinski definition) is 0. The van der Waals surface area contributed by atoms with Crippen molar-refractivity contribution in [2.75, 3.05) is 26.8 Å². The standard InChI is InChI=1S/C23H24N2O4/c1-15-4-9-20(22(26)24(15)2)23(27)25-10-11-29-21(14-25)18-6-5-17-13-19(28-3)8-7-16(17)12-18/h4-9,12-13,21H,10-11,14H2,1-3H3. The van der Waals surface area contributed by atoms with Crippen LogP contribution in [0.4, 0.5) is 0 Å². The van der Waals surface area contributed by atoms with Crippen molar-refractivity contribution in [2.24, 2.45) is 7.05 Å². The third-order valence-corrected chi connectivity index (χ3v) is 5.58. The number of amides is 1. The molecule has 29 heavy (non-hydrogen) atoms. The smallest absolute Gasteiger partial charge is 0.263 e. The van der Waals surface area contributed by atoms with Crippen molar-refractivity contribution in [3.05, 3.63) is 75.7 Å². The molecule has 2 aromatic carbocycles. The van der Waals surface area contributed by atoms with Gasteiger partial charge in [0.05, 0.1) is 20.3 Å². The van der Waals surface area contributed by atoms with Gasteiger partial charge in [0.1, 0.15) is 17.4 Å². The highest BCUT2D eigenvalue weighted by molar-refractivity contribution is 5.94. The van der Waals surface area contributed by atoms with Crippen molar-refractivity contribution < 1.29 is 14.3 Å². The average Bonchev–Trinajstić information content (AvgIpc) is 2.76. The van der Waals surface area contributed by atoms with Gasteiger partial charge < -0.3 is 18.9 Å². The summed E-state index contributed by atoms with van der Waals surface area (Å²) in [4.78, 5) is 27.2. The second-order valence-electron chi connectivity index (χ2n) is 7.34. The molecule has 2 heterocycles. The first-order valence-electron chi connectivity index (χ1n) is 9.63. The zero-order chi connectivity index (χ0) is 20.5. The number of pyridine rings is 1. The van der Waals surface area contributed by atoms with Crippen LogP contribution in [0, 0.1) is 6.92 Å². The average molecular weight is 392 g/mol. The summed E-state index contributed by atoms with van der Waals surface area (Å²) in [6.07, 6.45) is -0.228. The van der Waals surface area contributed by atoms with E-state index in [1.54, 1.807) is 31.2 Å². The maximum absolute atomic E-state index is 13.0. The molecule has 150 valence electrons. The Morgan fingerprint density at radius 2 is 1.86 bits per heavy atom. The quantitative estimate of drug-likeness (QED) is 0.687. The fraction of sp³-hybridized carbons (Fsp3) is 0.304. The van der Waals surface area contributed by atoms with Crippen LogP contribution in [0.3, 0.4) is 0 Å². The number of fused-ring (bicyclic) bond motifs is 1. The number of hydrogen-bond acceptors (Lipinski definition) is 4. The number of morpholine rings is 1. The highest BCUT2D eigenvalue weighted by Gasteiger charge is 2.28. The molecule has 0 radical (unpaired) electrons. The number of carbonyl (C=O) groups excluding carboxylic acids is 1. The molecule has 1 aromatic heterocycles. The molecule has 1 fully saturated rings. The third kappa shape index (κ3) is 3.63. The van der Waals surface area contributed by atoms with E-state index in [1.807, 2.05) is 37.3 Å². The number of rotatable bonds is 3. The van der Waals surface area contributed by atoms with E-state index in [2.05, 4.69) is 6.07 Å². The first-order chi connectivity index (χ1) is 14.0. The van der Waals surface area contributed by atoms with Crippen LogP contribution in [-0.2, 0) is 11.8 Å². The zero-order valence-corrected chi connectivity index (χ0v) is 16.8. The van der Waals surface area contributed by atoms with Crippen molar-refractivity contribution in [3.63, 3.8) is 0 Å². The SMILES string of the molecule is COc1ccc2cc(C3CN(C(=O)c4ccc(C)n(C)c4=O)CCO3)ccc2c1. The van der Waals surface area contributed by atoms with Crippen LogP contribution in [0.2, 0.25) is 0 Å². The Kier molecular flexibility index (Phi) is 5.11. The van der Waals surface area contributed by atoms with Crippen molar-refractivity contribution in [1.82, 2.24) is 9.47 Å². The fourth-order valence-corrected chi connectivity index (χ4v) is 3.67. The van der Waals surface area contributed by atoms with Gasteiger partial charge in [-0.3, -0.25) is 9.59 Å². The molecule has 0 spiro atoms. The molecule has 0 saturated carbocycles. The highest BCUT2D eigenvalue weighted by atomic mass is 16.5. The maximum atomic E-state index is 13.0. The van der Waals surface area contributed by atoms with Gasteiger partial charge in [-0.2, -0.15) is 0 Å². The molecule has 3 aromatic rings. The molecule has 1 aliphatic rings. The summed E-state index contributed by atoms with van der Waals surface area (Å²) in [7, 11) is 3.33. The van der Waals surface area contributed by atoms with Gasteiger partial charge >= 0.3 is 0 Å². The van der Waals surface area contributed by atoms with E-state index in [4.69, 9.17) is 9.47 Å². The van der Waals surface area contributed by atoms with Crippen molar-refractivity contribution in [3.8, 4) is 5.75 Å². The van der Waals surface area contributed by atoms with Crippen LogP contribution in [0.25, 0.3) is 10.8 Å². The minimum atomic E-state index is -0.266. The Morgan fingerprint density at radius 3 is 2.66 bits per heavy atom. The molecule has 6 heteroatoms. The summed E-state index contributed by atoms with van der Waals surface area (Å²) in [5.41, 5.74) is 1.76. The van der Waals surface area contributed by atoms with Crippen LogP contribution in [0.1, 0.15) is 27.7 Å². The predicted molar refractivity (Wildman–Crippen MR) is 112 cm³/mol. The monoisotopic (exact) mass is 392 g/mol. The summed E-state index contributed by atoms with van der Waals surface area (Å²) in [6, 6.07) is 15.5. The van der Waals surface area contributed by atoms with Crippen LogP contribution < -0.4 is 10.3 Å². The number of carbonyl (C=O) groups is 1. The van der Waals surface area contributed by atoms with E-state index < -0.39 is 0 Å². The summed E-state index contributed by atoms with van der Waals surface area (Å²) >= 11 is 0. The highest BCUT2D eigenvalue weighted by Crippen LogP contribution is 2.28. The molecule has 1 saturated heterocycles. The first-order valence-corrected chi connectivity index (χ1v) is 9.63. The lowest BCUT2D eigenvalue weighted by Crippen LogP contribution is -2.44. The number of methoxy groups -OCH3 is 1. The van der Waals surface area contributed by atoms with E-state index in [9.17, 15) is 9.59 Å². The normalized spacial score (nSPS) is 16.8. The predicted octanol–water partition coefficient (Wildman–Crippen LogP) is 3.07. The van der Waals surface area contributed by atoms with Gasteiger partial charge in [0, 0.05) is 19.3 Å². The molecule has 0 N–H and O–H groups in total. The van der Waals surface area contributed by atoms with Crippen LogP contribution in [0.5, 0.6) is 5.75 Å². The van der Waals surface area contributed by atoms with E-state index in [-0.39, 0.29) is 23.1 Å². The minimum Gasteiger partial charge on any atom is -0.497 e. The second kappa shape index (κ2) is 7.72. The summed E-state index contributed by atoms with van der Waals surface area (Å²) in [5.74, 6) is 0.569. The number of aryl methyl sites for hydroxylation is 1. The molecular weight excluding hydrogens is 368 g/mol. The summed E-state index contributed by atoms with van der Waals surface area (Å²) in [6.45, 7) is 3.16. The number of benzene rings is 2. The third-order valence-electron chi connectivity index (χ3n) is 5.58. The van der Waals surface area contributed by atoms with Gasteiger partial charge in [-0.1, -0.05) is 18.2 Å². The van der Waals surface area contributed by atoms with E-state index in [1.165, 1.54) is 4.57 Å². The Hall–Kier alpha value is -3.12. The summed E-state index contributed by atoms with van der Waals surface area (Å²) in [5, 5.41) is 2.17. The van der Waals surface area contributed by atoms with Crippen LogP contribution in [-0.4, -0.2) is 42.2 Å². The Bertz CT molecular complexity index is 1140. The maximum Gasteiger partial charge on any atom is 0.263 e. The Labute approximate surface area is 169 Å². The lowest BCUT2D eigenvalue weighted by Gasteiger charge is -2.33. The van der Waals surface area contributed by atoms with Gasteiger partial charge in [-0.05, 0) is 53.6 Å². The fourth-order valence-electron chi connectivity index (χ4n) is 3.67. The van der Waals surface area contributed by atoms with Gasteiger partial charge in [0.15, 0.2) is 0 Å². The van der Waals surface area contributed by atoms with Crippen molar-refractivity contribution in [1.29, 1.82) is 0 Å². The van der Waals surface area contributed by atoms with Crippen LogP contribution >= 0.6 is 0 Å². The molecular formula is C23H24N2O4. The molecule has 1 atom stereocenters. The van der Waals surface area contributed by atoms with E-state index in [0.29, 0.717) is 19.7 Å². The van der Waals surface area contributed by atoms with Gasteiger partial charge in [0.25, 0.3) is 11.5 Å². The lowest BCUT2D eigenvalue weighted by molar-refractivity contribution is -0.0228. The number of aromatic nitrogens is 1. The molecule has 1 unspecified atom stereocenters. The summed E-state index contributed by atoms with van der Waals surface area (Å²) < 4.78 is 12.7. The van der Waals surface area contributed by atoms with Gasteiger partial charge in [-0.15, -0.1) is 0 Å². The van der Waals surface area contributed by atoms with Crippen molar-refractivity contribution in [2.45, 2.75) is 13.0 Å². The molecule has 4 rings (SSSR count). The lowest BCUT2D eigenvalue weighted by atomic mass is 10.0. The number of nitrogens with zero attached hydrogens (tertiary/aromatic N) is 2. The Balaban J connectivity index is 1.58. The molecule has 1 amide bonds. The van der Waals surface area contributed by atoms with Gasteiger partial charge in [0.2, 0.25) is 0 Å². The second-order valence-corrected chi connectivity index (χ2v) is 7.34. The largest absolute Gasteiger partial charge is 0.497 e. The first kappa shape index (κ1) is 19.2. The van der Waals surface area contributed by atoms with Crippen LogP contribution in [0.15, 0.2) is 53.3 Å². The van der Waals surface area contributed by atoms with Crippen molar-refractivity contribution >= 4 is 16.7 Å².